The van der Waals surface area contributed by atoms with Gasteiger partial charge in [0.15, 0.2) is 5.78 Å². The first-order chi connectivity index (χ1) is 13.3. The van der Waals surface area contributed by atoms with Crippen molar-refractivity contribution in [3.63, 3.8) is 0 Å². The van der Waals surface area contributed by atoms with Crippen LogP contribution in [0.3, 0.4) is 0 Å². The van der Waals surface area contributed by atoms with Gasteiger partial charge in [0, 0.05) is 31.0 Å². The second-order valence-corrected chi connectivity index (χ2v) is 6.01. The Morgan fingerprint density at radius 1 is 1.04 bits per heavy atom. The fraction of sp³-hybridized carbons (Fsp3) is 0.182. The maximum atomic E-state index is 12.1. The average Bonchev–Trinajstić information content (AvgIpc) is 2.67. The number of pyridine rings is 1. The molecule has 0 fully saturated rings. The van der Waals surface area contributed by atoms with Crippen LogP contribution in [-0.4, -0.2) is 23.8 Å². The van der Waals surface area contributed by atoms with Gasteiger partial charge >= 0.3 is 5.97 Å². The van der Waals surface area contributed by atoms with Gasteiger partial charge in [0.05, 0.1) is 7.11 Å². The highest BCUT2D eigenvalue weighted by Gasteiger charge is 2.15. The van der Waals surface area contributed by atoms with Gasteiger partial charge in [-0.15, -0.1) is 0 Å². The lowest BCUT2D eigenvalue weighted by Gasteiger charge is -2.12. The summed E-state index contributed by atoms with van der Waals surface area (Å²) in [5.41, 5.74) is 2.67. The standard InChI is InChI=1S/C22H20N2O4/c1-14(17-5-7-24-8-6-17)9-21(22(13-23)15(2)25)18-10-19(27-4)12-20(11-18)28-16(3)26/h5-12H,1-4H3/b14-9+,22-21+. The van der Waals surface area contributed by atoms with Crippen LogP contribution < -0.4 is 9.47 Å². The van der Waals surface area contributed by atoms with Crippen molar-refractivity contribution in [2.24, 2.45) is 0 Å². The number of hydrogen-bond acceptors (Lipinski definition) is 6. The molecule has 0 aliphatic rings. The molecule has 0 spiro atoms. The van der Waals surface area contributed by atoms with Crippen LogP contribution in [0.2, 0.25) is 0 Å². The number of aromatic nitrogens is 1. The molecular formula is C22H20N2O4. The average molecular weight is 376 g/mol. The number of benzene rings is 1. The van der Waals surface area contributed by atoms with E-state index >= 15 is 0 Å². The third kappa shape index (κ3) is 5.15. The number of esters is 1. The number of allylic oxidation sites excluding steroid dienone is 4. The van der Waals surface area contributed by atoms with Crippen molar-refractivity contribution in [3.05, 3.63) is 65.5 Å². The maximum absolute atomic E-state index is 12.1. The van der Waals surface area contributed by atoms with Gasteiger partial charge in [-0.1, -0.05) is 0 Å². The number of rotatable bonds is 6. The summed E-state index contributed by atoms with van der Waals surface area (Å²) in [6, 6.07) is 10.5. The highest BCUT2D eigenvalue weighted by atomic mass is 16.5. The molecule has 0 aliphatic heterocycles. The van der Waals surface area contributed by atoms with Gasteiger partial charge < -0.3 is 9.47 Å². The molecular weight excluding hydrogens is 356 g/mol. The minimum Gasteiger partial charge on any atom is -0.497 e. The van der Waals surface area contributed by atoms with Gasteiger partial charge in [0.25, 0.3) is 0 Å². The van der Waals surface area contributed by atoms with Crippen molar-refractivity contribution >= 4 is 22.9 Å². The molecule has 142 valence electrons. The number of hydrogen-bond donors (Lipinski definition) is 0. The van der Waals surface area contributed by atoms with Crippen LogP contribution in [0.4, 0.5) is 0 Å². The molecule has 2 aromatic rings. The second-order valence-electron chi connectivity index (χ2n) is 6.01. The molecule has 6 nitrogen and oxygen atoms in total. The molecule has 0 saturated heterocycles. The predicted octanol–water partition coefficient (Wildman–Crippen LogP) is 3.99. The Bertz CT molecular complexity index is 999. The second kappa shape index (κ2) is 9.28. The number of nitriles is 1. The molecule has 0 saturated carbocycles. The largest absolute Gasteiger partial charge is 0.497 e. The van der Waals surface area contributed by atoms with E-state index in [-0.39, 0.29) is 17.1 Å². The first-order valence-electron chi connectivity index (χ1n) is 8.47. The van der Waals surface area contributed by atoms with Crippen LogP contribution in [0, 0.1) is 11.3 Å². The van der Waals surface area contributed by atoms with Crippen molar-refractivity contribution < 1.29 is 19.1 Å². The zero-order chi connectivity index (χ0) is 20.7. The van der Waals surface area contributed by atoms with Crippen LogP contribution in [0.25, 0.3) is 11.1 Å². The Balaban J connectivity index is 2.72. The van der Waals surface area contributed by atoms with Crippen molar-refractivity contribution in [1.29, 1.82) is 5.26 Å². The molecule has 28 heavy (non-hydrogen) atoms. The Labute approximate surface area is 163 Å². The maximum Gasteiger partial charge on any atom is 0.308 e. The summed E-state index contributed by atoms with van der Waals surface area (Å²) in [5.74, 6) is -0.161. The summed E-state index contributed by atoms with van der Waals surface area (Å²) in [7, 11) is 1.48. The highest BCUT2D eigenvalue weighted by molar-refractivity contribution is 6.08. The molecule has 0 bridgehead atoms. The molecule has 1 aromatic carbocycles. The highest BCUT2D eigenvalue weighted by Crippen LogP contribution is 2.32. The SMILES string of the molecule is COc1cc(OC(C)=O)cc(C(/C=C(\C)c2ccncc2)=C(\C#N)C(C)=O)c1. The van der Waals surface area contributed by atoms with E-state index in [1.807, 2.05) is 25.1 Å². The first-order valence-corrected chi connectivity index (χ1v) is 8.47. The Kier molecular flexibility index (Phi) is 6.83. The van der Waals surface area contributed by atoms with Crippen molar-refractivity contribution in [1.82, 2.24) is 4.98 Å². The number of nitrogens with zero attached hydrogens (tertiary/aromatic N) is 2. The van der Waals surface area contributed by atoms with Crippen molar-refractivity contribution in [2.45, 2.75) is 20.8 Å². The predicted molar refractivity (Wildman–Crippen MR) is 105 cm³/mol. The molecule has 2 rings (SSSR count). The number of Topliss-reactive ketones (excluding diaryl/α,β-unsaturated/α-hetero) is 1. The number of methoxy groups -OCH3 is 1. The summed E-state index contributed by atoms with van der Waals surface area (Å²) < 4.78 is 10.5. The van der Waals surface area contributed by atoms with Gasteiger partial charge in [-0.2, -0.15) is 5.26 Å². The normalized spacial score (nSPS) is 11.9. The van der Waals surface area contributed by atoms with Crippen molar-refractivity contribution in [3.8, 4) is 17.6 Å². The van der Waals surface area contributed by atoms with E-state index in [2.05, 4.69) is 4.98 Å². The van der Waals surface area contributed by atoms with Crippen LogP contribution >= 0.6 is 0 Å². The van der Waals surface area contributed by atoms with E-state index in [1.165, 1.54) is 21.0 Å². The zero-order valence-corrected chi connectivity index (χ0v) is 16.1. The summed E-state index contributed by atoms with van der Waals surface area (Å²) in [4.78, 5) is 27.4. The van der Waals surface area contributed by atoms with Crippen LogP contribution in [0.5, 0.6) is 11.5 Å². The molecule has 0 aliphatic carbocycles. The van der Waals surface area contributed by atoms with Gasteiger partial charge in [-0.3, -0.25) is 14.6 Å². The van der Waals surface area contributed by atoms with Crippen LogP contribution in [-0.2, 0) is 9.59 Å². The number of carbonyl (C=O) groups excluding carboxylic acids is 2. The third-order valence-electron chi connectivity index (χ3n) is 3.92. The zero-order valence-electron chi connectivity index (χ0n) is 16.1. The van der Waals surface area contributed by atoms with Crippen LogP contribution in [0.15, 0.2) is 54.4 Å². The van der Waals surface area contributed by atoms with Gasteiger partial charge in [0.2, 0.25) is 0 Å². The van der Waals surface area contributed by atoms with Gasteiger partial charge in [-0.05, 0) is 60.9 Å². The topological polar surface area (TPSA) is 89.3 Å². The summed E-state index contributed by atoms with van der Waals surface area (Å²) >= 11 is 0. The van der Waals surface area contributed by atoms with E-state index < -0.39 is 5.97 Å². The molecule has 0 amide bonds. The van der Waals surface area contributed by atoms with E-state index in [1.54, 1.807) is 36.7 Å². The van der Waals surface area contributed by atoms with E-state index in [9.17, 15) is 14.9 Å². The minimum absolute atomic E-state index is 0.00423. The molecule has 1 aromatic heterocycles. The van der Waals surface area contributed by atoms with Crippen molar-refractivity contribution in [2.75, 3.05) is 7.11 Å². The van der Waals surface area contributed by atoms with Gasteiger partial charge in [-0.25, -0.2) is 0 Å². The molecule has 0 radical (unpaired) electrons. The quantitative estimate of drug-likeness (QED) is 0.249. The molecule has 1 heterocycles. The minimum atomic E-state index is -0.486. The Hall–Kier alpha value is -3.72. The monoisotopic (exact) mass is 376 g/mol. The summed E-state index contributed by atoms with van der Waals surface area (Å²) in [6.07, 6.45) is 5.08. The number of ether oxygens (including phenoxy) is 2. The summed E-state index contributed by atoms with van der Waals surface area (Å²) in [6.45, 7) is 4.50. The van der Waals surface area contributed by atoms with E-state index in [4.69, 9.17) is 9.47 Å². The fourth-order valence-electron chi connectivity index (χ4n) is 2.61. The fourth-order valence-corrected chi connectivity index (χ4v) is 2.61. The molecule has 0 atom stereocenters. The smallest absolute Gasteiger partial charge is 0.308 e. The third-order valence-corrected chi connectivity index (χ3v) is 3.92. The van der Waals surface area contributed by atoms with E-state index in [0.29, 0.717) is 16.9 Å². The Morgan fingerprint density at radius 3 is 2.21 bits per heavy atom. The lowest BCUT2D eigenvalue weighted by atomic mass is 9.94. The molecule has 6 heteroatoms. The van der Waals surface area contributed by atoms with Crippen LogP contribution in [0.1, 0.15) is 31.9 Å². The first kappa shape index (κ1) is 20.6. The molecule has 0 unspecified atom stereocenters. The lowest BCUT2D eigenvalue weighted by Crippen LogP contribution is -2.03. The summed E-state index contributed by atoms with van der Waals surface area (Å²) in [5, 5.41) is 9.57. The van der Waals surface area contributed by atoms with Gasteiger partial charge in [0.1, 0.15) is 23.1 Å². The lowest BCUT2D eigenvalue weighted by molar-refractivity contribution is -0.131. The Morgan fingerprint density at radius 2 is 1.68 bits per heavy atom. The van der Waals surface area contributed by atoms with E-state index in [0.717, 1.165) is 11.1 Å². The molecule has 0 N–H and O–H groups in total. The number of ketones is 1. The number of carbonyl (C=O) groups is 2.